The Labute approximate surface area is 353 Å². The van der Waals surface area contributed by atoms with Crippen LogP contribution in [-0.2, 0) is 35.9 Å². The van der Waals surface area contributed by atoms with Gasteiger partial charge in [-0.15, -0.1) is 0 Å². The van der Waals surface area contributed by atoms with Crippen molar-refractivity contribution < 1.29 is 63.9 Å². The van der Waals surface area contributed by atoms with E-state index in [-0.39, 0.29) is 49.3 Å². The van der Waals surface area contributed by atoms with Crippen LogP contribution in [0.5, 0.6) is 0 Å². The summed E-state index contributed by atoms with van der Waals surface area (Å²) in [4.78, 5) is 13.7. The average Bonchev–Trinajstić information content (AvgIpc) is 3.11. The van der Waals surface area contributed by atoms with Gasteiger partial charge in [0.25, 0.3) is 0 Å². The van der Waals surface area contributed by atoms with Gasteiger partial charge >= 0.3 is 66.2 Å². The Hall–Kier alpha value is -3.35. The van der Waals surface area contributed by atoms with Crippen molar-refractivity contribution >= 4 is 75.7 Å². The van der Waals surface area contributed by atoms with E-state index in [2.05, 4.69) is 15.0 Å². The Kier molecular flexibility index (Phi) is 15.1. The van der Waals surface area contributed by atoms with Crippen LogP contribution < -0.4 is 0 Å². The van der Waals surface area contributed by atoms with Gasteiger partial charge in [-0.1, -0.05) is 30.3 Å². The van der Waals surface area contributed by atoms with Crippen molar-refractivity contribution in [3.05, 3.63) is 134 Å². The van der Waals surface area contributed by atoms with Crippen molar-refractivity contribution in [1.82, 2.24) is 4.98 Å². The molecule has 1 aromatic heterocycles. The molecule has 3 nitrogen and oxygen atoms in total. The summed E-state index contributed by atoms with van der Waals surface area (Å²) in [6.07, 6.45) is -20.1. The standard InChI is InChI=1S/C38H24F12IN3.3ClH.Fe/c1-19-28(22-13-24(35(39,40)41)17-25(14-22)36(42,43)44)7-4-9-30(19)52-20(2)31-10-6-11-32(54-31)21(3)53-33-12-5-8-29(34(33)51)23-15-26(37(45,46)47)18-27(16-23)38(48,49)50;;;;/h4-18H,1-3H3;3*1H;/q;;;;+3/p-3. The molecule has 311 valence electrons. The first-order chi connectivity index (χ1) is 26.7. The number of aliphatic imine (C=N–C) groups is 2. The Morgan fingerprint density at radius 1 is 0.534 bits per heavy atom. The van der Waals surface area contributed by atoms with Crippen molar-refractivity contribution in [2.45, 2.75) is 45.5 Å². The molecule has 0 amide bonds. The number of halogens is 16. The molecule has 5 rings (SSSR count). The fraction of sp³-hybridized carbons (Fsp3) is 0.184. The minimum absolute atomic E-state index is 0.0495. The molecule has 20 heteroatoms. The summed E-state index contributed by atoms with van der Waals surface area (Å²) in [6.45, 7) is 4.69. The molecule has 0 saturated carbocycles. The van der Waals surface area contributed by atoms with Crippen molar-refractivity contribution in [2.75, 3.05) is 0 Å². The second-order valence-electron chi connectivity index (χ2n) is 12.1. The number of pyridine rings is 1. The fourth-order valence-corrected chi connectivity index (χ4v) is 6.21. The maximum atomic E-state index is 13.5. The van der Waals surface area contributed by atoms with Crippen LogP contribution in [0.2, 0.25) is 0 Å². The zero-order valence-corrected chi connectivity index (χ0v) is 34.9. The molecule has 0 aliphatic heterocycles. The number of nitrogens with zero attached hydrogens (tertiary/aromatic N) is 3. The molecular formula is C38H24Cl3F12FeIN3. The van der Waals surface area contributed by atoms with E-state index in [9.17, 15) is 52.7 Å². The molecule has 0 unspecified atom stereocenters. The third kappa shape index (κ3) is 12.3. The van der Waals surface area contributed by atoms with Gasteiger partial charge in [-0.05, 0) is 132 Å². The SMILES string of the molecule is CC(=Nc1cccc(-c2cc(C(F)(F)F)cc(C(F)(F)F)c2)c1C)c1cccc(C(C)=Nc2cccc(-c3cc(C(F)(F)F)cc(C(F)(F)F)c3)c2I)n1.[Cl][Fe]([Cl])[Cl]. The first-order valence-corrected chi connectivity index (χ1v) is 21.5. The van der Waals surface area contributed by atoms with Crippen LogP contribution >= 0.6 is 52.9 Å². The van der Waals surface area contributed by atoms with E-state index in [4.69, 9.17) is 30.3 Å². The van der Waals surface area contributed by atoms with Gasteiger partial charge in [-0.3, -0.25) is 9.98 Å². The van der Waals surface area contributed by atoms with E-state index in [1.54, 1.807) is 54.6 Å². The molecule has 0 spiro atoms. The molecule has 0 saturated heterocycles. The number of hydrogen-bond acceptors (Lipinski definition) is 3. The van der Waals surface area contributed by atoms with Gasteiger partial charge in [0, 0.05) is 3.57 Å². The first kappa shape index (κ1) is 47.3. The van der Waals surface area contributed by atoms with Gasteiger partial charge in [-0.2, -0.15) is 52.7 Å². The van der Waals surface area contributed by atoms with Gasteiger partial charge in [-0.25, -0.2) is 4.98 Å². The minimum atomic E-state index is -5.03. The number of benzene rings is 4. The van der Waals surface area contributed by atoms with Crippen LogP contribution in [0.25, 0.3) is 22.3 Å². The number of alkyl halides is 12. The molecule has 1 heterocycles. The Morgan fingerprint density at radius 3 is 1.26 bits per heavy atom. The van der Waals surface area contributed by atoms with Gasteiger partial charge in [0.2, 0.25) is 0 Å². The summed E-state index contributed by atoms with van der Waals surface area (Å²) in [5, 5.41) is 0. The summed E-state index contributed by atoms with van der Waals surface area (Å²) in [5.74, 6) is 0. The van der Waals surface area contributed by atoms with Crippen LogP contribution in [0, 0.1) is 10.5 Å². The average molecular weight is 1040 g/mol. The second-order valence-corrected chi connectivity index (χ2v) is 18.7. The maximum absolute atomic E-state index is 13.5. The third-order valence-corrected chi connectivity index (χ3v) is 9.28. The fourth-order valence-electron chi connectivity index (χ4n) is 5.42. The van der Waals surface area contributed by atoms with E-state index >= 15 is 0 Å². The van der Waals surface area contributed by atoms with E-state index in [1.165, 1.54) is 43.3 Å². The van der Waals surface area contributed by atoms with Crippen LogP contribution in [0.15, 0.2) is 101 Å². The molecule has 0 aliphatic carbocycles. The second kappa shape index (κ2) is 18.5. The van der Waals surface area contributed by atoms with Crippen LogP contribution in [0.3, 0.4) is 0 Å². The van der Waals surface area contributed by atoms with Crippen molar-refractivity contribution in [1.29, 1.82) is 0 Å². The van der Waals surface area contributed by atoms with Gasteiger partial charge in [0.15, 0.2) is 0 Å². The van der Waals surface area contributed by atoms with Crippen molar-refractivity contribution in [3.8, 4) is 22.3 Å². The van der Waals surface area contributed by atoms with Gasteiger partial charge in [0.1, 0.15) is 0 Å². The quantitative estimate of drug-likeness (QED) is 0.0723. The zero-order valence-electron chi connectivity index (χ0n) is 29.4. The number of hydrogen-bond donors (Lipinski definition) is 0. The van der Waals surface area contributed by atoms with E-state index in [1.807, 2.05) is 0 Å². The summed E-state index contributed by atoms with van der Waals surface area (Å²) in [5.41, 5.74) is -4.15. The van der Waals surface area contributed by atoms with E-state index in [0.717, 1.165) is 0 Å². The summed E-state index contributed by atoms with van der Waals surface area (Å²) in [6, 6.07) is 16.2. The van der Waals surface area contributed by atoms with Crippen LogP contribution in [-0.4, -0.2) is 16.4 Å². The summed E-state index contributed by atoms with van der Waals surface area (Å²) < 4.78 is 163. The molecule has 0 aliphatic rings. The Bertz CT molecular complexity index is 2130. The molecule has 4 aromatic carbocycles. The molecule has 5 aromatic rings. The molecule has 58 heavy (non-hydrogen) atoms. The molecule has 0 atom stereocenters. The van der Waals surface area contributed by atoms with Crippen molar-refractivity contribution in [3.63, 3.8) is 0 Å². The van der Waals surface area contributed by atoms with Crippen LogP contribution in [0.1, 0.15) is 53.1 Å². The normalized spacial score (nSPS) is 13.3. The van der Waals surface area contributed by atoms with Gasteiger partial charge in [0.05, 0.1) is 56.4 Å². The Morgan fingerprint density at radius 2 is 0.862 bits per heavy atom. The monoisotopic (exact) mass is 1040 g/mol. The van der Waals surface area contributed by atoms with Crippen molar-refractivity contribution in [2.24, 2.45) is 9.98 Å². The molecule has 0 N–H and O–H groups in total. The predicted octanol–water partition coefficient (Wildman–Crippen LogP) is 15.8. The number of aromatic nitrogens is 1. The summed E-state index contributed by atoms with van der Waals surface area (Å²) >= 11 is 0.459. The van der Waals surface area contributed by atoms with Gasteiger partial charge < -0.3 is 0 Å². The summed E-state index contributed by atoms with van der Waals surface area (Å²) in [7, 11) is 14.7. The molecule has 0 bridgehead atoms. The van der Waals surface area contributed by atoms with E-state index < -0.39 is 58.1 Å². The van der Waals surface area contributed by atoms with E-state index in [0.29, 0.717) is 52.6 Å². The number of rotatable bonds is 6. The molecular weight excluding hydrogens is 1020 g/mol. The molecule has 0 radical (unpaired) electrons. The molecule has 0 fully saturated rings. The predicted molar refractivity (Wildman–Crippen MR) is 207 cm³/mol. The Balaban J connectivity index is 0.00000178. The first-order valence-electron chi connectivity index (χ1n) is 15.9. The van der Waals surface area contributed by atoms with Crippen LogP contribution in [0.4, 0.5) is 64.1 Å². The third-order valence-electron chi connectivity index (χ3n) is 8.15. The zero-order chi connectivity index (χ0) is 43.5. The topological polar surface area (TPSA) is 37.6 Å².